The standard InChI is InChI=1S/C8H8N2OS/c1-10-6-4-2-3-5-7(6)12-8(10)9-11/h2-5,11H,1H3/b9-8-. The average molecular weight is 180 g/mol. The minimum absolute atomic E-state index is 0.621. The third kappa shape index (κ3) is 0.921. The molecule has 0 aliphatic rings. The van der Waals surface area contributed by atoms with Crippen molar-refractivity contribution in [3.63, 3.8) is 0 Å². The van der Waals surface area contributed by atoms with Crippen LogP contribution in [0.2, 0.25) is 0 Å². The van der Waals surface area contributed by atoms with Crippen molar-refractivity contribution in [1.29, 1.82) is 0 Å². The first-order valence-electron chi connectivity index (χ1n) is 3.55. The number of aryl methyl sites for hydroxylation is 1. The number of fused-ring (bicyclic) bond motifs is 1. The van der Waals surface area contributed by atoms with Crippen molar-refractivity contribution in [3.05, 3.63) is 29.1 Å². The van der Waals surface area contributed by atoms with Crippen LogP contribution in [-0.2, 0) is 7.05 Å². The van der Waals surface area contributed by atoms with E-state index in [1.54, 1.807) is 0 Å². The maximum Gasteiger partial charge on any atom is 0.228 e. The fraction of sp³-hybridized carbons (Fsp3) is 0.125. The molecule has 0 amide bonds. The number of hydrogen-bond acceptors (Lipinski definition) is 3. The van der Waals surface area contributed by atoms with Gasteiger partial charge in [0.05, 0.1) is 10.2 Å². The lowest BCUT2D eigenvalue weighted by Gasteiger charge is -1.91. The molecule has 3 nitrogen and oxygen atoms in total. The normalized spacial score (nSPS) is 12.6. The van der Waals surface area contributed by atoms with Crippen molar-refractivity contribution in [2.24, 2.45) is 12.2 Å². The first kappa shape index (κ1) is 7.36. The average Bonchev–Trinajstić information content (AvgIpc) is 2.44. The molecule has 0 radical (unpaired) electrons. The molecule has 0 fully saturated rings. The number of benzene rings is 1. The van der Waals surface area contributed by atoms with Crippen molar-refractivity contribution >= 4 is 21.6 Å². The maximum atomic E-state index is 8.63. The van der Waals surface area contributed by atoms with Crippen LogP contribution in [0.5, 0.6) is 0 Å². The van der Waals surface area contributed by atoms with Gasteiger partial charge in [0, 0.05) is 7.05 Å². The third-order valence-corrected chi connectivity index (χ3v) is 2.90. The van der Waals surface area contributed by atoms with Crippen LogP contribution in [0.25, 0.3) is 10.2 Å². The molecule has 1 aromatic carbocycles. The zero-order valence-electron chi connectivity index (χ0n) is 6.56. The lowest BCUT2D eigenvalue weighted by molar-refractivity contribution is 0.298. The summed E-state index contributed by atoms with van der Waals surface area (Å²) in [7, 11) is 1.88. The summed E-state index contributed by atoms with van der Waals surface area (Å²) in [5.41, 5.74) is 1.09. The van der Waals surface area contributed by atoms with Crippen molar-refractivity contribution in [3.8, 4) is 0 Å². The molecule has 0 saturated heterocycles. The van der Waals surface area contributed by atoms with Crippen LogP contribution >= 0.6 is 11.3 Å². The van der Waals surface area contributed by atoms with E-state index in [0.29, 0.717) is 4.80 Å². The van der Waals surface area contributed by atoms with Crippen molar-refractivity contribution in [2.75, 3.05) is 0 Å². The summed E-state index contributed by atoms with van der Waals surface area (Å²) in [6, 6.07) is 7.95. The Labute approximate surface area is 73.2 Å². The van der Waals surface area contributed by atoms with Gasteiger partial charge in [-0.15, -0.1) is 0 Å². The molecule has 4 heteroatoms. The number of para-hydroxylation sites is 1. The first-order valence-corrected chi connectivity index (χ1v) is 4.37. The Bertz CT molecular complexity index is 469. The Kier molecular flexibility index (Phi) is 1.62. The summed E-state index contributed by atoms with van der Waals surface area (Å²) in [4.78, 5) is 0.621. The van der Waals surface area contributed by atoms with Gasteiger partial charge in [0.15, 0.2) is 0 Å². The van der Waals surface area contributed by atoms with E-state index >= 15 is 0 Å². The maximum absolute atomic E-state index is 8.63. The Hall–Kier alpha value is -1.29. The number of aromatic nitrogens is 1. The highest BCUT2D eigenvalue weighted by atomic mass is 32.1. The smallest absolute Gasteiger partial charge is 0.228 e. The number of hydrogen-bond donors (Lipinski definition) is 1. The molecule has 0 aliphatic carbocycles. The number of nitrogens with zero attached hydrogens (tertiary/aromatic N) is 2. The fourth-order valence-corrected chi connectivity index (χ4v) is 2.11. The highest BCUT2D eigenvalue weighted by Gasteiger charge is 1.99. The number of thiazole rings is 1. The lowest BCUT2D eigenvalue weighted by Crippen LogP contribution is -2.08. The Morgan fingerprint density at radius 2 is 2.17 bits per heavy atom. The van der Waals surface area contributed by atoms with Gasteiger partial charge in [-0.2, -0.15) is 0 Å². The summed E-state index contributed by atoms with van der Waals surface area (Å²) in [5, 5.41) is 11.8. The monoisotopic (exact) mass is 180 g/mol. The molecule has 0 spiro atoms. The summed E-state index contributed by atoms with van der Waals surface area (Å²) in [6.07, 6.45) is 0. The number of rotatable bonds is 0. The van der Waals surface area contributed by atoms with Crippen LogP contribution < -0.4 is 4.80 Å². The first-order chi connectivity index (χ1) is 5.83. The topological polar surface area (TPSA) is 37.5 Å². The largest absolute Gasteiger partial charge is 0.408 e. The molecule has 1 heterocycles. The highest BCUT2D eigenvalue weighted by Crippen LogP contribution is 2.14. The van der Waals surface area contributed by atoms with Crippen LogP contribution in [-0.4, -0.2) is 9.77 Å². The van der Waals surface area contributed by atoms with Crippen LogP contribution in [0.4, 0.5) is 0 Å². The van der Waals surface area contributed by atoms with E-state index in [4.69, 9.17) is 5.21 Å². The summed E-state index contributed by atoms with van der Waals surface area (Å²) in [6.45, 7) is 0. The van der Waals surface area contributed by atoms with Gasteiger partial charge in [-0.1, -0.05) is 28.6 Å². The van der Waals surface area contributed by atoms with Crippen LogP contribution in [0.3, 0.4) is 0 Å². The van der Waals surface area contributed by atoms with Gasteiger partial charge in [0.1, 0.15) is 0 Å². The molecular formula is C8H8N2OS. The molecule has 2 aromatic rings. The van der Waals surface area contributed by atoms with E-state index in [1.165, 1.54) is 11.3 Å². The quantitative estimate of drug-likeness (QED) is 0.484. The Morgan fingerprint density at radius 3 is 2.83 bits per heavy atom. The molecule has 0 aliphatic heterocycles. The van der Waals surface area contributed by atoms with Crippen LogP contribution in [0, 0.1) is 0 Å². The lowest BCUT2D eigenvalue weighted by atomic mass is 10.3. The van der Waals surface area contributed by atoms with Gasteiger partial charge in [0.2, 0.25) is 4.80 Å². The molecule has 2 rings (SSSR count). The summed E-state index contributed by atoms with van der Waals surface area (Å²) in [5.74, 6) is 0. The zero-order valence-corrected chi connectivity index (χ0v) is 7.38. The van der Waals surface area contributed by atoms with Crippen molar-refractivity contribution in [2.45, 2.75) is 0 Å². The molecule has 0 atom stereocenters. The summed E-state index contributed by atoms with van der Waals surface area (Å²) >= 11 is 1.47. The van der Waals surface area contributed by atoms with Crippen molar-refractivity contribution < 1.29 is 5.21 Å². The molecule has 12 heavy (non-hydrogen) atoms. The van der Waals surface area contributed by atoms with Gasteiger partial charge in [-0.25, -0.2) is 0 Å². The van der Waals surface area contributed by atoms with E-state index in [0.717, 1.165) is 10.2 Å². The summed E-state index contributed by atoms with van der Waals surface area (Å²) < 4.78 is 2.99. The minimum Gasteiger partial charge on any atom is -0.408 e. The second-order valence-corrected chi connectivity index (χ2v) is 3.52. The van der Waals surface area contributed by atoms with Crippen molar-refractivity contribution in [1.82, 2.24) is 4.57 Å². The van der Waals surface area contributed by atoms with Crippen LogP contribution in [0.1, 0.15) is 0 Å². The van der Waals surface area contributed by atoms with E-state index in [-0.39, 0.29) is 0 Å². The van der Waals surface area contributed by atoms with E-state index in [9.17, 15) is 0 Å². The highest BCUT2D eigenvalue weighted by molar-refractivity contribution is 7.16. The molecule has 1 aromatic heterocycles. The van der Waals surface area contributed by atoms with Gasteiger partial charge in [-0.05, 0) is 12.1 Å². The molecule has 1 N–H and O–H groups in total. The van der Waals surface area contributed by atoms with Gasteiger partial charge in [0.25, 0.3) is 0 Å². The van der Waals surface area contributed by atoms with E-state index < -0.39 is 0 Å². The molecular weight excluding hydrogens is 172 g/mol. The zero-order chi connectivity index (χ0) is 8.55. The minimum atomic E-state index is 0.621. The second kappa shape index (κ2) is 2.64. The van der Waals surface area contributed by atoms with E-state index in [2.05, 4.69) is 5.16 Å². The molecule has 0 unspecified atom stereocenters. The third-order valence-electron chi connectivity index (χ3n) is 1.80. The predicted molar refractivity (Wildman–Crippen MR) is 48.1 cm³/mol. The van der Waals surface area contributed by atoms with Crippen LogP contribution in [0.15, 0.2) is 29.4 Å². The van der Waals surface area contributed by atoms with E-state index in [1.807, 2.05) is 35.9 Å². The molecule has 0 saturated carbocycles. The fourth-order valence-electron chi connectivity index (χ4n) is 1.18. The second-order valence-electron chi connectivity index (χ2n) is 2.51. The van der Waals surface area contributed by atoms with Gasteiger partial charge in [-0.3, -0.25) is 0 Å². The Morgan fingerprint density at radius 1 is 1.42 bits per heavy atom. The molecule has 62 valence electrons. The Balaban J connectivity index is 2.98. The molecule has 0 bridgehead atoms. The van der Waals surface area contributed by atoms with Gasteiger partial charge >= 0.3 is 0 Å². The predicted octanol–water partition coefficient (Wildman–Crippen LogP) is 1.53. The van der Waals surface area contributed by atoms with Gasteiger partial charge < -0.3 is 9.77 Å². The SMILES string of the molecule is Cn1/c(=N/O)sc2ccccc21.